The number of aliphatic hydroxyl groups excluding tert-OH is 9. The molecule has 9 N–H and O–H groups in total. The topological polar surface area (TPSA) is 255 Å². The van der Waals surface area contributed by atoms with Crippen LogP contribution in [-0.2, 0) is 33.2 Å². The van der Waals surface area contributed by atoms with Crippen LogP contribution in [0.25, 0.3) is 0 Å². The Balaban J connectivity index is 1.25. The molecule has 6 rings (SSSR count). The van der Waals surface area contributed by atoms with Gasteiger partial charge in [-0.05, 0) is 60.8 Å². The van der Waals surface area contributed by atoms with Gasteiger partial charge in [0.2, 0.25) is 0 Å². The molecule has 0 unspecified atom stereocenters. The van der Waals surface area contributed by atoms with E-state index in [1.54, 1.807) is 0 Å². The number of hydrogen-bond donors (Lipinski definition) is 9. The van der Waals surface area contributed by atoms with Gasteiger partial charge in [-0.25, -0.2) is 0 Å². The van der Waals surface area contributed by atoms with Gasteiger partial charge >= 0.3 is 0 Å². The highest BCUT2D eigenvalue weighted by atomic mass is 16.8. The van der Waals surface area contributed by atoms with Gasteiger partial charge in [-0.15, -0.1) is 6.58 Å². The van der Waals surface area contributed by atoms with Crippen molar-refractivity contribution in [2.24, 2.45) is 28.1 Å². The van der Waals surface area contributed by atoms with Crippen LogP contribution in [0.1, 0.15) is 66.7 Å². The van der Waals surface area contributed by atoms with E-state index < -0.39 is 117 Å². The van der Waals surface area contributed by atoms with Crippen molar-refractivity contribution in [1.29, 1.82) is 0 Å². The third-order valence-corrected chi connectivity index (χ3v) is 13.6. The third-order valence-electron chi connectivity index (χ3n) is 13.6. The molecule has 5 fully saturated rings. The zero-order valence-corrected chi connectivity index (χ0v) is 31.6. The van der Waals surface area contributed by atoms with Crippen LogP contribution >= 0.6 is 0 Å². The summed E-state index contributed by atoms with van der Waals surface area (Å²) < 4.78 is 35.7. The van der Waals surface area contributed by atoms with E-state index >= 15 is 0 Å². The highest BCUT2D eigenvalue weighted by molar-refractivity contribution is 5.97. The lowest BCUT2D eigenvalue weighted by Crippen LogP contribution is -2.66. The summed E-state index contributed by atoms with van der Waals surface area (Å²) in [5, 5.41) is 94.8. The van der Waals surface area contributed by atoms with E-state index in [1.807, 2.05) is 19.9 Å². The standard InChI is InChI=1S/C38H60O16/c1-7-37(5)10-8-18-17(13-37)19(40)12-22-36(3,4)23(9-11-38(18,22)6)53-35-32(54-34-31(48)27(44)24(41)16(2)50-34)29(46)26(43)21(52-35)15-49-33-30(47)28(45)25(42)20(14-39)51-33/h7,13,16,18,20-35,39,41-48H,1,8-12,14-15H2,2-6H3/t16-,18+,20-,21-,22+,23+,24+,25-,26-,27-,28+,29+,30-,31-,32-,33-,34+,35+,37+,38-/m1/s1. The van der Waals surface area contributed by atoms with Crippen molar-refractivity contribution in [3.63, 3.8) is 0 Å². The van der Waals surface area contributed by atoms with Crippen molar-refractivity contribution >= 4 is 5.78 Å². The zero-order valence-electron chi connectivity index (χ0n) is 31.6. The van der Waals surface area contributed by atoms with Gasteiger partial charge in [-0.1, -0.05) is 39.8 Å². The molecule has 0 bridgehead atoms. The number of allylic oxidation sites excluding steroid dienone is 3. The van der Waals surface area contributed by atoms with Crippen LogP contribution in [0.4, 0.5) is 0 Å². The van der Waals surface area contributed by atoms with Gasteiger partial charge in [0, 0.05) is 11.8 Å². The number of Topliss-reactive ketones (excluding diaryl/α,β-unsaturated/α-hetero) is 1. The Kier molecular flexibility index (Phi) is 12.3. The molecule has 0 radical (unpaired) electrons. The molecule has 3 aliphatic heterocycles. The molecule has 3 heterocycles. The van der Waals surface area contributed by atoms with Crippen molar-refractivity contribution in [2.75, 3.05) is 13.2 Å². The van der Waals surface area contributed by atoms with Crippen LogP contribution in [0.15, 0.2) is 24.3 Å². The molecule has 54 heavy (non-hydrogen) atoms. The predicted octanol–water partition coefficient (Wildman–Crippen LogP) is -1.21. The van der Waals surface area contributed by atoms with E-state index in [0.29, 0.717) is 19.3 Å². The Morgan fingerprint density at radius 3 is 2.07 bits per heavy atom. The summed E-state index contributed by atoms with van der Waals surface area (Å²) in [6.45, 7) is 12.7. The van der Waals surface area contributed by atoms with E-state index in [2.05, 4.69) is 26.5 Å². The summed E-state index contributed by atoms with van der Waals surface area (Å²) >= 11 is 0. The minimum absolute atomic E-state index is 0.0636. The van der Waals surface area contributed by atoms with Gasteiger partial charge in [-0.2, -0.15) is 0 Å². The third kappa shape index (κ3) is 7.39. The highest BCUT2D eigenvalue weighted by Crippen LogP contribution is 2.63. The molecule has 16 heteroatoms. The fourth-order valence-electron chi connectivity index (χ4n) is 9.92. The molecule has 0 aromatic heterocycles. The zero-order chi connectivity index (χ0) is 39.7. The van der Waals surface area contributed by atoms with Gasteiger partial charge in [0.1, 0.15) is 67.1 Å². The number of carbonyl (C=O) groups excluding carboxylic acids is 1. The maximum absolute atomic E-state index is 13.8. The summed E-state index contributed by atoms with van der Waals surface area (Å²) in [7, 11) is 0. The summed E-state index contributed by atoms with van der Waals surface area (Å²) in [5.41, 5.74) is -0.224. The second kappa shape index (κ2) is 15.7. The second-order valence-electron chi connectivity index (χ2n) is 17.4. The second-order valence-corrected chi connectivity index (χ2v) is 17.4. The number of rotatable bonds is 9. The van der Waals surface area contributed by atoms with Crippen molar-refractivity contribution in [3.05, 3.63) is 24.3 Å². The number of carbonyl (C=O) groups is 1. The Bertz CT molecular complexity index is 1390. The summed E-state index contributed by atoms with van der Waals surface area (Å²) in [6, 6.07) is 0. The monoisotopic (exact) mass is 772 g/mol. The lowest BCUT2D eigenvalue weighted by atomic mass is 9.44. The molecule has 6 aliphatic rings. The summed E-state index contributed by atoms with van der Waals surface area (Å²) in [4.78, 5) is 13.8. The van der Waals surface area contributed by atoms with Gasteiger partial charge in [0.05, 0.1) is 25.4 Å². The Labute approximate surface area is 315 Å². The van der Waals surface area contributed by atoms with Crippen LogP contribution in [0.3, 0.4) is 0 Å². The van der Waals surface area contributed by atoms with E-state index in [-0.39, 0.29) is 28.4 Å². The van der Waals surface area contributed by atoms with Crippen LogP contribution in [0.5, 0.6) is 0 Å². The van der Waals surface area contributed by atoms with Crippen LogP contribution in [-0.4, -0.2) is 163 Å². The fourth-order valence-corrected chi connectivity index (χ4v) is 9.92. The molecular formula is C38H60O16. The molecule has 2 saturated carbocycles. The largest absolute Gasteiger partial charge is 0.394 e. The van der Waals surface area contributed by atoms with Crippen molar-refractivity contribution in [1.82, 2.24) is 0 Å². The number of hydrogen-bond acceptors (Lipinski definition) is 16. The Hall–Kier alpha value is -1.45. The lowest BCUT2D eigenvalue weighted by molar-refractivity contribution is -0.380. The van der Waals surface area contributed by atoms with Crippen LogP contribution in [0.2, 0.25) is 0 Å². The van der Waals surface area contributed by atoms with Gasteiger partial charge in [0.15, 0.2) is 24.7 Å². The maximum atomic E-state index is 13.8. The first-order valence-corrected chi connectivity index (χ1v) is 19.1. The molecular weight excluding hydrogens is 712 g/mol. The van der Waals surface area contributed by atoms with Crippen LogP contribution < -0.4 is 0 Å². The minimum atomic E-state index is -1.76. The smallest absolute Gasteiger partial charge is 0.187 e. The normalized spacial score (nSPS) is 52.2. The van der Waals surface area contributed by atoms with Crippen molar-refractivity contribution < 1.29 is 79.2 Å². The highest BCUT2D eigenvalue weighted by Gasteiger charge is 2.61. The van der Waals surface area contributed by atoms with E-state index in [9.17, 15) is 50.8 Å². The van der Waals surface area contributed by atoms with Crippen LogP contribution in [0, 0.1) is 28.1 Å². The molecule has 0 aromatic carbocycles. The molecule has 308 valence electrons. The molecule has 3 aliphatic carbocycles. The maximum Gasteiger partial charge on any atom is 0.187 e. The molecule has 0 amide bonds. The average Bonchev–Trinajstić information content (AvgIpc) is 3.13. The molecule has 16 nitrogen and oxygen atoms in total. The van der Waals surface area contributed by atoms with Gasteiger partial charge in [0.25, 0.3) is 0 Å². The fraction of sp³-hybridized carbons (Fsp3) is 0.868. The first-order chi connectivity index (χ1) is 25.3. The van der Waals surface area contributed by atoms with Crippen molar-refractivity contribution in [2.45, 2.75) is 165 Å². The number of ether oxygens (including phenoxy) is 6. The SMILES string of the molecule is C=C[C@]1(C)C=C2C(=O)C[C@H]3C(C)(C)[C@@H](O[C@@H]4O[C@H](CO[C@@H]5O[C@H](CO)[C@@H](O)[C@H](O)[C@H]5O)[C@@H](O)[C@H](O)[C@H]4O[C@@H]4O[C@H](C)[C@H](O)[C@@H](O)[C@H]4O)CC[C@]3(C)[C@H]2CC1. The number of aliphatic hydroxyl groups is 9. The van der Waals surface area contributed by atoms with E-state index in [0.717, 1.165) is 18.4 Å². The van der Waals surface area contributed by atoms with Gasteiger partial charge in [-0.3, -0.25) is 4.79 Å². The first kappa shape index (κ1) is 42.2. The Morgan fingerprint density at radius 1 is 0.778 bits per heavy atom. The average molecular weight is 773 g/mol. The quantitative estimate of drug-likeness (QED) is 0.0985. The summed E-state index contributed by atoms with van der Waals surface area (Å²) in [5.74, 6) is 0.0613. The number of ketones is 1. The number of fused-ring (bicyclic) bond motifs is 3. The minimum Gasteiger partial charge on any atom is -0.394 e. The molecule has 0 spiro atoms. The predicted molar refractivity (Wildman–Crippen MR) is 186 cm³/mol. The Morgan fingerprint density at radius 2 is 1.41 bits per heavy atom. The van der Waals surface area contributed by atoms with E-state index in [1.165, 1.54) is 6.92 Å². The van der Waals surface area contributed by atoms with Gasteiger partial charge < -0.3 is 74.4 Å². The first-order valence-electron chi connectivity index (χ1n) is 19.1. The van der Waals surface area contributed by atoms with Crippen molar-refractivity contribution in [3.8, 4) is 0 Å². The lowest BCUT2D eigenvalue weighted by Gasteiger charge is -2.61. The molecule has 0 aromatic rings. The van der Waals surface area contributed by atoms with E-state index in [4.69, 9.17) is 28.4 Å². The molecule has 20 atom stereocenters. The summed E-state index contributed by atoms with van der Waals surface area (Å²) in [6.07, 6.45) is -16.3. The molecule has 3 saturated heterocycles.